The molecule has 3 aromatic rings. The van der Waals surface area contributed by atoms with E-state index in [1.807, 2.05) is 30.3 Å². The Bertz CT molecular complexity index is 892. The molecule has 0 aliphatic carbocycles. The van der Waals surface area contributed by atoms with E-state index in [1.54, 1.807) is 16.0 Å². The number of nitrogens with zero attached hydrogens (tertiary/aromatic N) is 3. The lowest BCUT2D eigenvalue weighted by atomic mass is 10.1. The van der Waals surface area contributed by atoms with Crippen LogP contribution in [0.1, 0.15) is 48.8 Å². The number of hydrogen-bond donors (Lipinski definition) is 1. The molecule has 1 aliphatic heterocycles. The number of rotatable bonds is 5. The zero-order valence-electron chi connectivity index (χ0n) is 14.9. The third-order valence-corrected chi connectivity index (χ3v) is 5.55. The smallest absolute Gasteiger partial charge is 0.271 e. The second-order valence-corrected chi connectivity index (χ2v) is 7.84. The lowest BCUT2D eigenvalue weighted by Gasteiger charge is -2.09. The van der Waals surface area contributed by atoms with Crippen LogP contribution in [0.15, 0.2) is 30.3 Å². The van der Waals surface area contributed by atoms with Crippen molar-refractivity contribution in [3.8, 4) is 5.13 Å². The highest BCUT2D eigenvalue weighted by atomic mass is 32.1. The number of thiazole rings is 1. The molecule has 0 saturated carbocycles. The van der Waals surface area contributed by atoms with Gasteiger partial charge in [-0.25, -0.2) is 9.67 Å². The molecule has 6 nitrogen and oxygen atoms in total. The van der Waals surface area contributed by atoms with Crippen LogP contribution >= 0.6 is 11.3 Å². The van der Waals surface area contributed by atoms with Gasteiger partial charge in [0.15, 0.2) is 5.69 Å². The molecule has 1 aliphatic rings. The fourth-order valence-electron chi connectivity index (χ4n) is 3.12. The van der Waals surface area contributed by atoms with Crippen LogP contribution in [0.4, 0.5) is 0 Å². The lowest BCUT2D eigenvalue weighted by molar-refractivity contribution is 0.0853. The fourth-order valence-corrected chi connectivity index (χ4v) is 4.06. The Morgan fingerprint density at radius 3 is 3.00 bits per heavy atom. The zero-order chi connectivity index (χ0) is 18.1. The van der Waals surface area contributed by atoms with Gasteiger partial charge in [-0.05, 0) is 37.0 Å². The van der Waals surface area contributed by atoms with Crippen molar-refractivity contribution in [2.24, 2.45) is 0 Å². The van der Waals surface area contributed by atoms with Crippen LogP contribution in [0.2, 0.25) is 0 Å². The van der Waals surface area contributed by atoms with Crippen molar-refractivity contribution in [3.63, 3.8) is 0 Å². The highest BCUT2D eigenvalue weighted by molar-refractivity contribution is 7.20. The highest BCUT2D eigenvalue weighted by Gasteiger charge is 2.21. The van der Waals surface area contributed by atoms with E-state index in [0.29, 0.717) is 12.2 Å². The van der Waals surface area contributed by atoms with E-state index in [2.05, 4.69) is 29.2 Å². The Balaban J connectivity index is 1.61. The van der Waals surface area contributed by atoms with E-state index >= 15 is 0 Å². The first-order valence-electron chi connectivity index (χ1n) is 8.97. The summed E-state index contributed by atoms with van der Waals surface area (Å²) in [5.74, 6) is 0.0662. The van der Waals surface area contributed by atoms with Gasteiger partial charge in [0.2, 0.25) is 5.13 Å². The van der Waals surface area contributed by atoms with E-state index in [1.165, 1.54) is 0 Å². The normalized spacial score (nSPS) is 17.3. The second-order valence-electron chi connectivity index (χ2n) is 6.83. The second kappa shape index (κ2) is 7.17. The number of fused-ring (bicyclic) bond motifs is 1. The van der Waals surface area contributed by atoms with Crippen LogP contribution in [0, 0.1) is 0 Å². The van der Waals surface area contributed by atoms with Gasteiger partial charge < -0.3 is 10.1 Å². The fraction of sp³-hybridized carbons (Fsp3) is 0.421. The van der Waals surface area contributed by atoms with Gasteiger partial charge in [0.25, 0.3) is 5.91 Å². The molecule has 4 rings (SSSR count). The quantitative estimate of drug-likeness (QED) is 0.746. The summed E-state index contributed by atoms with van der Waals surface area (Å²) in [6.07, 6.45) is 2.18. The topological polar surface area (TPSA) is 69.0 Å². The molecule has 1 saturated heterocycles. The minimum Gasteiger partial charge on any atom is -0.376 e. The minimum atomic E-state index is -0.165. The SMILES string of the molecule is CC(C)c1cc(C(=O)NC[C@@H]2CCCO2)nn1-c1nc2ccccc2s1. The van der Waals surface area contributed by atoms with Crippen LogP contribution in [0.25, 0.3) is 15.3 Å². The average Bonchev–Trinajstić information content (AvgIpc) is 3.37. The summed E-state index contributed by atoms with van der Waals surface area (Å²) in [6.45, 7) is 5.50. The predicted octanol–water partition coefficient (Wildman–Crippen LogP) is 3.51. The zero-order valence-corrected chi connectivity index (χ0v) is 15.8. The van der Waals surface area contributed by atoms with Crippen molar-refractivity contribution in [1.82, 2.24) is 20.1 Å². The maximum atomic E-state index is 12.5. The number of carbonyl (C=O) groups excluding carboxylic acids is 1. The van der Waals surface area contributed by atoms with Gasteiger partial charge in [-0.2, -0.15) is 5.10 Å². The molecule has 26 heavy (non-hydrogen) atoms. The summed E-state index contributed by atoms with van der Waals surface area (Å²) in [7, 11) is 0. The first-order chi connectivity index (χ1) is 12.6. The van der Waals surface area contributed by atoms with E-state index in [0.717, 1.165) is 40.5 Å². The predicted molar refractivity (Wildman–Crippen MR) is 102 cm³/mol. The average molecular weight is 370 g/mol. The van der Waals surface area contributed by atoms with Crippen molar-refractivity contribution in [2.45, 2.75) is 38.7 Å². The Hall–Kier alpha value is -2.25. The summed E-state index contributed by atoms with van der Waals surface area (Å²) < 4.78 is 8.47. The van der Waals surface area contributed by atoms with E-state index in [-0.39, 0.29) is 17.9 Å². The molecule has 1 fully saturated rings. The Morgan fingerprint density at radius 2 is 2.27 bits per heavy atom. The molecule has 136 valence electrons. The molecule has 0 spiro atoms. The monoisotopic (exact) mass is 370 g/mol. The Labute approximate surface area is 156 Å². The van der Waals surface area contributed by atoms with Crippen LogP contribution in [0.3, 0.4) is 0 Å². The van der Waals surface area contributed by atoms with Gasteiger partial charge in [-0.3, -0.25) is 4.79 Å². The Kier molecular flexibility index (Phi) is 4.74. The standard InChI is InChI=1S/C19H22N4O2S/c1-12(2)16-10-15(18(24)20-11-13-6-5-9-25-13)22-23(16)19-21-14-7-3-4-8-17(14)26-19/h3-4,7-8,10,12-13H,5-6,9,11H2,1-2H3,(H,20,24)/t13-/m0/s1. The van der Waals surface area contributed by atoms with Crippen LogP contribution in [0.5, 0.6) is 0 Å². The summed E-state index contributed by atoms with van der Waals surface area (Å²) in [4.78, 5) is 17.2. The van der Waals surface area contributed by atoms with Crippen LogP contribution in [-0.4, -0.2) is 39.9 Å². The van der Waals surface area contributed by atoms with Gasteiger partial charge in [-0.1, -0.05) is 37.3 Å². The number of para-hydroxylation sites is 1. The van der Waals surface area contributed by atoms with E-state index in [9.17, 15) is 4.79 Å². The summed E-state index contributed by atoms with van der Waals surface area (Å²) in [5, 5.41) is 8.28. The first-order valence-corrected chi connectivity index (χ1v) is 9.79. The minimum absolute atomic E-state index is 0.120. The molecule has 7 heteroatoms. The highest BCUT2D eigenvalue weighted by Crippen LogP contribution is 2.27. The third-order valence-electron chi connectivity index (χ3n) is 4.54. The number of amides is 1. The molecule has 1 N–H and O–H groups in total. The molecule has 3 heterocycles. The molecule has 0 bridgehead atoms. The third kappa shape index (κ3) is 3.37. The lowest BCUT2D eigenvalue weighted by Crippen LogP contribution is -2.32. The number of benzene rings is 1. The molecule has 1 atom stereocenters. The number of aromatic nitrogens is 3. The van der Waals surface area contributed by atoms with Crippen molar-refractivity contribution < 1.29 is 9.53 Å². The number of ether oxygens (including phenoxy) is 1. The van der Waals surface area contributed by atoms with Gasteiger partial charge >= 0.3 is 0 Å². The molecule has 1 amide bonds. The van der Waals surface area contributed by atoms with E-state index in [4.69, 9.17) is 4.74 Å². The van der Waals surface area contributed by atoms with Gasteiger partial charge in [0.05, 0.1) is 22.0 Å². The molecule has 0 unspecified atom stereocenters. The molecular formula is C19H22N4O2S. The maximum absolute atomic E-state index is 12.5. The first kappa shape index (κ1) is 17.2. The van der Waals surface area contributed by atoms with Gasteiger partial charge in [0.1, 0.15) is 0 Å². The maximum Gasteiger partial charge on any atom is 0.271 e. The van der Waals surface area contributed by atoms with Crippen molar-refractivity contribution >= 4 is 27.5 Å². The summed E-state index contributed by atoms with van der Waals surface area (Å²) in [6, 6.07) is 9.87. The van der Waals surface area contributed by atoms with Crippen LogP contribution in [-0.2, 0) is 4.74 Å². The van der Waals surface area contributed by atoms with Crippen molar-refractivity contribution in [2.75, 3.05) is 13.2 Å². The summed E-state index contributed by atoms with van der Waals surface area (Å²) >= 11 is 1.58. The number of nitrogens with one attached hydrogen (secondary N) is 1. The molecule has 2 aromatic heterocycles. The largest absolute Gasteiger partial charge is 0.376 e. The van der Waals surface area contributed by atoms with Gasteiger partial charge in [-0.15, -0.1) is 0 Å². The van der Waals surface area contributed by atoms with Crippen LogP contribution < -0.4 is 5.32 Å². The Morgan fingerprint density at radius 1 is 1.42 bits per heavy atom. The van der Waals surface area contributed by atoms with Crippen molar-refractivity contribution in [3.05, 3.63) is 41.7 Å². The molecular weight excluding hydrogens is 348 g/mol. The molecule has 0 radical (unpaired) electrons. The van der Waals surface area contributed by atoms with Crippen molar-refractivity contribution in [1.29, 1.82) is 0 Å². The van der Waals surface area contributed by atoms with E-state index < -0.39 is 0 Å². The van der Waals surface area contributed by atoms with Gasteiger partial charge in [0, 0.05) is 13.2 Å². The summed E-state index contributed by atoms with van der Waals surface area (Å²) in [5.41, 5.74) is 2.35. The number of hydrogen-bond acceptors (Lipinski definition) is 5. The number of carbonyl (C=O) groups is 1. The molecule has 1 aromatic carbocycles.